The predicted molar refractivity (Wildman–Crippen MR) is 75.5 cm³/mol. The van der Waals surface area contributed by atoms with E-state index in [1.807, 2.05) is 18.2 Å². The van der Waals surface area contributed by atoms with E-state index in [4.69, 9.17) is 10.2 Å². The van der Waals surface area contributed by atoms with Gasteiger partial charge in [-0.1, -0.05) is 18.2 Å². The van der Waals surface area contributed by atoms with Gasteiger partial charge in [-0.3, -0.25) is 4.79 Å². The zero-order valence-corrected chi connectivity index (χ0v) is 11.0. The average molecular weight is 272 g/mol. The number of amides is 1. The van der Waals surface area contributed by atoms with Gasteiger partial charge in [0.15, 0.2) is 5.69 Å². The van der Waals surface area contributed by atoms with Crippen LogP contribution in [0.15, 0.2) is 41.0 Å². The summed E-state index contributed by atoms with van der Waals surface area (Å²) in [6, 6.07) is 10.2. The highest BCUT2D eigenvalue weighted by Crippen LogP contribution is 2.16. The summed E-state index contributed by atoms with van der Waals surface area (Å²) in [6.45, 7) is 2.95. The molecule has 6 nitrogen and oxygen atoms in total. The fourth-order valence-electron chi connectivity index (χ4n) is 2.35. The molecule has 0 bridgehead atoms. The number of hydrogen-bond acceptors (Lipinski definition) is 5. The van der Waals surface area contributed by atoms with Crippen molar-refractivity contribution in [1.82, 2.24) is 9.88 Å². The van der Waals surface area contributed by atoms with Crippen LogP contribution in [0.5, 0.6) is 0 Å². The number of rotatable bonds is 2. The van der Waals surface area contributed by atoms with Crippen molar-refractivity contribution < 1.29 is 9.21 Å². The largest absolute Gasteiger partial charge is 0.431 e. The first-order valence-corrected chi connectivity index (χ1v) is 6.54. The maximum absolute atomic E-state index is 12.2. The van der Waals surface area contributed by atoms with Crippen molar-refractivity contribution in [2.24, 2.45) is 0 Å². The third kappa shape index (κ3) is 2.45. The minimum Gasteiger partial charge on any atom is -0.431 e. The van der Waals surface area contributed by atoms with Crippen LogP contribution in [-0.2, 0) is 0 Å². The van der Waals surface area contributed by atoms with Crippen molar-refractivity contribution >= 4 is 17.6 Å². The summed E-state index contributed by atoms with van der Waals surface area (Å²) in [6.07, 6.45) is 1.31. The van der Waals surface area contributed by atoms with Gasteiger partial charge in [0.1, 0.15) is 6.26 Å². The molecule has 0 aliphatic carbocycles. The summed E-state index contributed by atoms with van der Waals surface area (Å²) >= 11 is 0. The molecular weight excluding hydrogens is 256 g/mol. The van der Waals surface area contributed by atoms with E-state index in [-0.39, 0.29) is 17.6 Å². The molecule has 6 heteroatoms. The maximum atomic E-state index is 12.2. The number of nitrogens with zero attached hydrogens (tertiary/aromatic N) is 3. The highest BCUT2D eigenvalue weighted by atomic mass is 16.4. The maximum Gasteiger partial charge on any atom is 0.292 e. The second kappa shape index (κ2) is 5.24. The number of nitrogens with two attached hydrogens (primary N) is 1. The Morgan fingerprint density at radius 1 is 1.15 bits per heavy atom. The van der Waals surface area contributed by atoms with Crippen molar-refractivity contribution in [3.05, 3.63) is 42.3 Å². The first-order chi connectivity index (χ1) is 9.74. The number of aromatic nitrogens is 1. The number of carbonyl (C=O) groups is 1. The van der Waals surface area contributed by atoms with Crippen molar-refractivity contribution in [3.63, 3.8) is 0 Å². The third-order valence-electron chi connectivity index (χ3n) is 3.43. The third-order valence-corrected chi connectivity index (χ3v) is 3.43. The Morgan fingerprint density at radius 3 is 2.45 bits per heavy atom. The summed E-state index contributed by atoms with van der Waals surface area (Å²) in [7, 11) is 0. The molecule has 1 amide bonds. The lowest BCUT2D eigenvalue weighted by Gasteiger charge is -2.35. The SMILES string of the molecule is Nc1nc(C(=O)N2CCN(c3ccccc3)CC2)co1. The van der Waals surface area contributed by atoms with Crippen molar-refractivity contribution in [1.29, 1.82) is 0 Å². The lowest BCUT2D eigenvalue weighted by Crippen LogP contribution is -2.48. The minimum absolute atomic E-state index is 0.0243. The van der Waals surface area contributed by atoms with Crippen molar-refractivity contribution in [2.45, 2.75) is 0 Å². The minimum atomic E-state index is -0.127. The summed E-state index contributed by atoms with van der Waals surface area (Å²) in [5.74, 6) is -0.127. The van der Waals surface area contributed by atoms with E-state index in [1.165, 1.54) is 12.0 Å². The van der Waals surface area contributed by atoms with Crippen molar-refractivity contribution in [2.75, 3.05) is 36.8 Å². The molecule has 2 N–H and O–H groups in total. The van der Waals surface area contributed by atoms with Gasteiger partial charge in [-0.2, -0.15) is 4.98 Å². The van der Waals surface area contributed by atoms with Crippen LogP contribution >= 0.6 is 0 Å². The Labute approximate surface area is 116 Å². The van der Waals surface area contributed by atoms with Crippen LogP contribution in [0.2, 0.25) is 0 Å². The lowest BCUT2D eigenvalue weighted by molar-refractivity contribution is 0.0741. The van der Waals surface area contributed by atoms with Gasteiger partial charge in [0.05, 0.1) is 0 Å². The van der Waals surface area contributed by atoms with E-state index in [0.29, 0.717) is 13.1 Å². The second-order valence-corrected chi connectivity index (χ2v) is 4.69. The molecule has 2 heterocycles. The van der Waals surface area contributed by atoms with Crippen LogP contribution < -0.4 is 10.6 Å². The van der Waals surface area contributed by atoms with Crippen LogP contribution in [0.3, 0.4) is 0 Å². The number of carbonyl (C=O) groups excluding carboxylic acids is 1. The smallest absolute Gasteiger partial charge is 0.292 e. The molecule has 0 spiro atoms. The second-order valence-electron chi connectivity index (χ2n) is 4.69. The van der Waals surface area contributed by atoms with Gasteiger partial charge in [0, 0.05) is 31.9 Å². The van der Waals surface area contributed by atoms with E-state index in [2.05, 4.69) is 22.0 Å². The van der Waals surface area contributed by atoms with Gasteiger partial charge in [0.2, 0.25) is 0 Å². The molecule has 20 heavy (non-hydrogen) atoms. The molecule has 1 saturated heterocycles. The first-order valence-electron chi connectivity index (χ1n) is 6.54. The molecular formula is C14H16N4O2. The number of para-hydroxylation sites is 1. The molecule has 1 aromatic carbocycles. The first kappa shape index (κ1) is 12.5. The molecule has 0 saturated carbocycles. The van der Waals surface area contributed by atoms with Gasteiger partial charge in [-0.05, 0) is 12.1 Å². The highest BCUT2D eigenvalue weighted by Gasteiger charge is 2.24. The molecule has 2 aromatic rings. The monoisotopic (exact) mass is 272 g/mol. The van der Waals surface area contributed by atoms with E-state index in [0.717, 1.165) is 13.1 Å². The molecule has 104 valence electrons. The Morgan fingerprint density at radius 2 is 1.85 bits per heavy atom. The normalized spacial score (nSPS) is 15.4. The van der Waals surface area contributed by atoms with E-state index >= 15 is 0 Å². The van der Waals surface area contributed by atoms with Gasteiger partial charge >= 0.3 is 0 Å². The summed E-state index contributed by atoms with van der Waals surface area (Å²) < 4.78 is 4.88. The Bertz CT molecular complexity index is 588. The van der Waals surface area contributed by atoms with Gasteiger partial charge in [-0.25, -0.2) is 0 Å². The molecule has 0 radical (unpaired) electrons. The van der Waals surface area contributed by atoms with Crippen LogP contribution in [0, 0.1) is 0 Å². The van der Waals surface area contributed by atoms with Crippen LogP contribution in [0.1, 0.15) is 10.5 Å². The topological polar surface area (TPSA) is 75.6 Å². The standard InChI is InChI=1S/C14H16N4O2/c15-14-16-12(10-20-14)13(19)18-8-6-17(7-9-18)11-4-2-1-3-5-11/h1-5,10H,6-9H2,(H2,15,16). The number of piperazine rings is 1. The summed E-state index contributed by atoms with van der Waals surface area (Å²) in [5.41, 5.74) is 6.85. The molecule has 1 aliphatic heterocycles. The van der Waals surface area contributed by atoms with Gasteiger partial charge in [-0.15, -0.1) is 0 Å². The predicted octanol–water partition coefficient (Wildman–Crippen LogP) is 1.22. The molecule has 0 atom stereocenters. The molecule has 1 aromatic heterocycles. The molecule has 1 fully saturated rings. The highest BCUT2D eigenvalue weighted by molar-refractivity contribution is 5.92. The number of nitrogen functional groups attached to an aromatic ring is 1. The fraction of sp³-hybridized carbons (Fsp3) is 0.286. The van der Waals surface area contributed by atoms with E-state index in [1.54, 1.807) is 4.90 Å². The number of benzene rings is 1. The van der Waals surface area contributed by atoms with E-state index < -0.39 is 0 Å². The lowest BCUT2D eigenvalue weighted by atomic mass is 10.2. The summed E-state index contributed by atoms with van der Waals surface area (Å²) in [5, 5.41) is 0. The zero-order valence-electron chi connectivity index (χ0n) is 11.0. The Kier molecular flexibility index (Phi) is 3.28. The van der Waals surface area contributed by atoms with Gasteiger partial charge < -0.3 is 20.0 Å². The zero-order chi connectivity index (χ0) is 13.9. The average Bonchev–Trinajstić information content (AvgIpc) is 2.94. The fourth-order valence-corrected chi connectivity index (χ4v) is 2.35. The molecule has 1 aliphatic rings. The van der Waals surface area contributed by atoms with E-state index in [9.17, 15) is 4.79 Å². The molecule has 3 rings (SSSR count). The Balaban J connectivity index is 1.63. The van der Waals surface area contributed by atoms with Crippen LogP contribution in [0.4, 0.5) is 11.7 Å². The summed E-state index contributed by atoms with van der Waals surface area (Å²) in [4.78, 5) is 20.1. The quantitative estimate of drug-likeness (QED) is 0.889. The Hall–Kier alpha value is -2.50. The van der Waals surface area contributed by atoms with Crippen LogP contribution in [-0.4, -0.2) is 42.0 Å². The van der Waals surface area contributed by atoms with Gasteiger partial charge in [0.25, 0.3) is 11.9 Å². The number of hydrogen-bond donors (Lipinski definition) is 1. The van der Waals surface area contributed by atoms with Crippen molar-refractivity contribution in [3.8, 4) is 0 Å². The molecule has 0 unspecified atom stereocenters. The number of anilines is 2. The van der Waals surface area contributed by atoms with Crippen LogP contribution in [0.25, 0.3) is 0 Å². The number of oxazole rings is 1.